The summed E-state index contributed by atoms with van der Waals surface area (Å²) in [6.07, 6.45) is 2.75. The van der Waals surface area contributed by atoms with Gasteiger partial charge < -0.3 is 4.18 Å². The molecule has 116 valence electrons. The summed E-state index contributed by atoms with van der Waals surface area (Å²) in [5, 5.41) is 4.06. The van der Waals surface area contributed by atoms with Gasteiger partial charge in [0.05, 0.1) is 5.69 Å². The average molecular weight is 314 g/mol. The number of hydrogen-bond donors (Lipinski definition) is 0. The van der Waals surface area contributed by atoms with Gasteiger partial charge in [0.25, 0.3) is 0 Å². The van der Waals surface area contributed by atoms with Crippen molar-refractivity contribution in [3.63, 3.8) is 0 Å². The van der Waals surface area contributed by atoms with Gasteiger partial charge in [-0.05, 0) is 12.8 Å². The molecule has 0 aliphatic heterocycles. The van der Waals surface area contributed by atoms with Crippen molar-refractivity contribution in [3.8, 4) is 5.88 Å². The van der Waals surface area contributed by atoms with Crippen LogP contribution in [0.1, 0.15) is 38.8 Å². The number of hydrogen-bond acceptors (Lipinski definition) is 4. The van der Waals surface area contributed by atoms with Crippen molar-refractivity contribution < 1.29 is 25.8 Å². The highest BCUT2D eigenvalue weighted by Gasteiger charge is 2.49. The van der Waals surface area contributed by atoms with Crippen LogP contribution in [0.2, 0.25) is 0 Å². The van der Waals surface area contributed by atoms with Crippen molar-refractivity contribution in [2.75, 3.05) is 0 Å². The predicted molar refractivity (Wildman–Crippen MR) is 66.7 cm³/mol. The highest BCUT2D eigenvalue weighted by Crippen LogP contribution is 2.27. The number of nitrogens with zero attached hydrogens (tertiary/aromatic N) is 2. The van der Waals surface area contributed by atoms with Crippen LogP contribution in [-0.2, 0) is 23.1 Å². The zero-order valence-electron chi connectivity index (χ0n) is 11.3. The summed E-state index contributed by atoms with van der Waals surface area (Å²) in [4.78, 5) is 0. The first-order valence-electron chi connectivity index (χ1n) is 6.28. The van der Waals surface area contributed by atoms with E-state index in [2.05, 4.69) is 9.28 Å². The van der Waals surface area contributed by atoms with Crippen molar-refractivity contribution in [3.05, 3.63) is 11.8 Å². The first-order valence-corrected chi connectivity index (χ1v) is 7.69. The van der Waals surface area contributed by atoms with E-state index in [0.29, 0.717) is 25.1 Å². The molecule has 0 aromatic carbocycles. The van der Waals surface area contributed by atoms with Crippen molar-refractivity contribution >= 4 is 10.1 Å². The van der Waals surface area contributed by atoms with Gasteiger partial charge in [-0.1, -0.05) is 26.7 Å². The van der Waals surface area contributed by atoms with E-state index in [0.717, 1.165) is 17.5 Å². The van der Waals surface area contributed by atoms with Crippen LogP contribution in [-0.4, -0.2) is 23.7 Å². The van der Waals surface area contributed by atoms with Gasteiger partial charge in [0.2, 0.25) is 5.88 Å². The molecule has 1 heterocycles. The van der Waals surface area contributed by atoms with Crippen molar-refractivity contribution in [2.45, 2.75) is 51.6 Å². The van der Waals surface area contributed by atoms with Gasteiger partial charge in [-0.15, -0.1) is 0 Å². The minimum atomic E-state index is -5.66. The number of unbranched alkanes of at least 4 members (excludes halogenated alkanes) is 1. The molecular formula is C11H17F3N2O3S. The van der Waals surface area contributed by atoms with E-state index in [1.807, 2.05) is 13.8 Å². The average Bonchev–Trinajstić information content (AvgIpc) is 2.67. The molecule has 0 aliphatic carbocycles. The molecule has 0 amide bonds. The molecule has 0 saturated carbocycles. The molecule has 0 atom stereocenters. The smallest absolute Gasteiger partial charge is 0.356 e. The maximum Gasteiger partial charge on any atom is 0.534 e. The van der Waals surface area contributed by atoms with Gasteiger partial charge in [0, 0.05) is 12.6 Å². The summed E-state index contributed by atoms with van der Waals surface area (Å²) in [7, 11) is -5.66. The summed E-state index contributed by atoms with van der Waals surface area (Å²) in [5.74, 6) is -0.390. The lowest BCUT2D eigenvalue weighted by Gasteiger charge is -2.10. The quantitative estimate of drug-likeness (QED) is 0.573. The lowest BCUT2D eigenvalue weighted by Crippen LogP contribution is -2.28. The number of alkyl halides is 3. The van der Waals surface area contributed by atoms with E-state index < -0.39 is 15.6 Å². The van der Waals surface area contributed by atoms with E-state index in [-0.39, 0.29) is 5.88 Å². The van der Waals surface area contributed by atoms with Crippen molar-refractivity contribution in [1.82, 2.24) is 9.78 Å². The summed E-state index contributed by atoms with van der Waals surface area (Å²) < 4.78 is 64.3. The molecule has 1 rings (SSSR count). The lowest BCUT2D eigenvalue weighted by atomic mass is 10.3. The number of halogens is 3. The minimum absolute atomic E-state index is 0.308. The fourth-order valence-electron chi connectivity index (χ4n) is 1.52. The molecule has 0 aliphatic rings. The highest BCUT2D eigenvalue weighted by molar-refractivity contribution is 7.87. The molecule has 0 saturated heterocycles. The molecule has 0 spiro atoms. The third-order valence-corrected chi connectivity index (χ3v) is 3.46. The second kappa shape index (κ2) is 6.47. The fraction of sp³-hybridized carbons (Fsp3) is 0.727. The largest absolute Gasteiger partial charge is 0.534 e. The summed E-state index contributed by atoms with van der Waals surface area (Å²) in [5.41, 5.74) is -4.94. The monoisotopic (exact) mass is 314 g/mol. The normalized spacial score (nSPS) is 12.7. The number of aromatic nitrogens is 2. The molecule has 5 nitrogen and oxygen atoms in total. The Labute approximate surface area is 115 Å². The third kappa shape index (κ3) is 4.12. The van der Waals surface area contributed by atoms with Crippen LogP contribution >= 0.6 is 0 Å². The fourth-order valence-corrected chi connectivity index (χ4v) is 1.98. The Morgan fingerprint density at radius 2 is 1.95 bits per heavy atom. The molecule has 0 unspecified atom stereocenters. The Balaban J connectivity index is 3.03. The number of aryl methyl sites for hydroxylation is 2. The summed E-state index contributed by atoms with van der Waals surface area (Å²) in [6, 6.07) is 1.24. The van der Waals surface area contributed by atoms with E-state index >= 15 is 0 Å². The zero-order valence-corrected chi connectivity index (χ0v) is 12.1. The van der Waals surface area contributed by atoms with Crippen LogP contribution in [0.25, 0.3) is 0 Å². The Kier molecular flexibility index (Phi) is 5.43. The topological polar surface area (TPSA) is 61.2 Å². The van der Waals surface area contributed by atoms with Gasteiger partial charge >= 0.3 is 15.6 Å². The Bertz CT molecular complexity index is 538. The highest BCUT2D eigenvalue weighted by atomic mass is 32.2. The second-order valence-electron chi connectivity index (χ2n) is 4.28. The Morgan fingerprint density at radius 3 is 2.45 bits per heavy atom. The van der Waals surface area contributed by atoms with Crippen LogP contribution in [0.3, 0.4) is 0 Å². The van der Waals surface area contributed by atoms with Gasteiger partial charge in [-0.2, -0.15) is 26.7 Å². The second-order valence-corrected chi connectivity index (χ2v) is 5.82. The molecule has 1 aromatic heterocycles. The molecule has 1 aromatic rings. The molecule has 9 heteroatoms. The first kappa shape index (κ1) is 16.8. The maximum atomic E-state index is 12.3. The van der Waals surface area contributed by atoms with Crippen LogP contribution in [0, 0.1) is 0 Å². The molecular weight excluding hydrogens is 297 g/mol. The van der Waals surface area contributed by atoms with Crippen LogP contribution < -0.4 is 4.18 Å². The Hall–Kier alpha value is -1.25. The summed E-state index contributed by atoms with van der Waals surface area (Å²) in [6.45, 7) is 4.10. The Morgan fingerprint density at radius 1 is 1.30 bits per heavy atom. The van der Waals surface area contributed by atoms with Gasteiger partial charge in [0.1, 0.15) is 0 Å². The van der Waals surface area contributed by atoms with E-state index in [1.54, 1.807) is 0 Å². The molecule has 0 N–H and O–H groups in total. The SMILES string of the molecule is CCCCn1nc(CCC)cc1OS(=O)(=O)C(F)(F)F. The molecule has 20 heavy (non-hydrogen) atoms. The van der Waals surface area contributed by atoms with E-state index in [4.69, 9.17) is 0 Å². The molecule has 0 radical (unpaired) electrons. The number of rotatable bonds is 7. The molecule has 0 fully saturated rings. The molecule has 0 bridgehead atoms. The van der Waals surface area contributed by atoms with E-state index in [1.165, 1.54) is 6.07 Å². The predicted octanol–water partition coefficient (Wildman–Crippen LogP) is 2.86. The zero-order chi connectivity index (χ0) is 15.4. The lowest BCUT2D eigenvalue weighted by molar-refractivity contribution is -0.0502. The van der Waals surface area contributed by atoms with Gasteiger partial charge in [-0.3, -0.25) is 0 Å². The van der Waals surface area contributed by atoms with Crippen molar-refractivity contribution in [1.29, 1.82) is 0 Å². The van der Waals surface area contributed by atoms with Gasteiger partial charge in [0.15, 0.2) is 0 Å². The van der Waals surface area contributed by atoms with Crippen LogP contribution in [0.5, 0.6) is 5.88 Å². The minimum Gasteiger partial charge on any atom is -0.356 e. The van der Waals surface area contributed by atoms with Gasteiger partial charge in [-0.25, -0.2) is 4.68 Å². The third-order valence-electron chi connectivity index (χ3n) is 2.50. The summed E-state index contributed by atoms with van der Waals surface area (Å²) >= 11 is 0. The standard InChI is InChI=1S/C11H17F3N2O3S/c1-3-5-7-16-10(8-9(15-16)6-4-2)19-20(17,18)11(12,13)14/h8H,3-7H2,1-2H3. The van der Waals surface area contributed by atoms with Crippen LogP contribution in [0.15, 0.2) is 6.07 Å². The van der Waals surface area contributed by atoms with Crippen LogP contribution in [0.4, 0.5) is 13.2 Å². The first-order chi connectivity index (χ1) is 9.21. The van der Waals surface area contributed by atoms with E-state index in [9.17, 15) is 21.6 Å². The van der Waals surface area contributed by atoms with Crippen molar-refractivity contribution in [2.24, 2.45) is 0 Å². The maximum absolute atomic E-state index is 12.3.